The number of rotatable bonds is 8. The van der Waals surface area contributed by atoms with Crippen LogP contribution in [0.4, 0.5) is 5.69 Å². The van der Waals surface area contributed by atoms with E-state index in [-0.39, 0.29) is 6.10 Å². The Morgan fingerprint density at radius 3 is 2.00 bits per heavy atom. The van der Waals surface area contributed by atoms with Crippen LogP contribution in [0.2, 0.25) is 21.6 Å². The molecule has 1 aromatic carbocycles. The standard InChI is InChI=1S/C27H40ClNO4Si/c1-17(2)34(18(3)4,19(5)6)15-14-24(30)29(25(26(31)32)27(7,8)9)20-10-13-23(22(28)16-20)33-21-11-12-21/h10,13,16-19,21,25H,11-12H2,1-9H3,(H,31,32). The minimum Gasteiger partial charge on any atom is -0.489 e. The van der Waals surface area contributed by atoms with E-state index in [9.17, 15) is 14.7 Å². The summed E-state index contributed by atoms with van der Waals surface area (Å²) in [5.74, 6) is 1.85. The molecule has 0 saturated heterocycles. The molecule has 1 aromatic rings. The van der Waals surface area contributed by atoms with Crippen LogP contribution in [-0.4, -0.2) is 37.2 Å². The summed E-state index contributed by atoms with van der Waals surface area (Å²) in [6.45, 7) is 18.5. The van der Waals surface area contributed by atoms with Gasteiger partial charge in [-0.05, 0) is 59.0 Å². The molecule has 1 aliphatic rings. The molecule has 0 radical (unpaired) electrons. The van der Waals surface area contributed by atoms with Crippen molar-refractivity contribution in [2.45, 2.75) is 104 Å². The maximum Gasteiger partial charge on any atom is 0.327 e. The average Bonchev–Trinajstić information content (AvgIpc) is 3.49. The van der Waals surface area contributed by atoms with Crippen LogP contribution in [0, 0.1) is 16.9 Å². The van der Waals surface area contributed by atoms with E-state index in [0.717, 1.165) is 12.8 Å². The van der Waals surface area contributed by atoms with Crippen LogP contribution in [0.1, 0.15) is 75.2 Å². The molecule has 1 saturated carbocycles. The van der Waals surface area contributed by atoms with Crippen LogP contribution in [0.25, 0.3) is 0 Å². The van der Waals surface area contributed by atoms with Crippen molar-refractivity contribution in [1.29, 1.82) is 0 Å². The first-order valence-corrected chi connectivity index (χ1v) is 14.8. The van der Waals surface area contributed by atoms with Gasteiger partial charge in [-0.1, -0.05) is 73.9 Å². The lowest BCUT2D eigenvalue weighted by Crippen LogP contribution is -2.52. The lowest BCUT2D eigenvalue weighted by molar-refractivity contribution is -0.142. The minimum atomic E-state index is -2.18. The molecular weight excluding hydrogens is 466 g/mol. The Morgan fingerprint density at radius 2 is 1.62 bits per heavy atom. The topological polar surface area (TPSA) is 66.8 Å². The number of amides is 1. The van der Waals surface area contributed by atoms with Crippen molar-refractivity contribution in [2.75, 3.05) is 4.90 Å². The van der Waals surface area contributed by atoms with E-state index < -0.39 is 31.4 Å². The zero-order valence-electron chi connectivity index (χ0n) is 22.0. The summed E-state index contributed by atoms with van der Waals surface area (Å²) in [6.07, 6.45) is 2.17. The molecule has 1 amide bonds. The summed E-state index contributed by atoms with van der Waals surface area (Å²) >= 11 is 6.48. The van der Waals surface area contributed by atoms with Gasteiger partial charge in [-0.2, -0.15) is 0 Å². The molecule has 0 aliphatic heterocycles. The average molecular weight is 506 g/mol. The molecule has 1 aliphatic carbocycles. The SMILES string of the molecule is CC(C)[Si](C#CC(=O)N(c1ccc(OC2CC2)c(Cl)c1)C(C(=O)O)C(C)(C)C)(C(C)C)C(C)C. The molecule has 5 nitrogen and oxygen atoms in total. The monoisotopic (exact) mass is 505 g/mol. The van der Waals surface area contributed by atoms with Crippen molar-refractivity contribution in [1.82, 2.24) is 0 Å². The molecule has 0 aromatic heterocycles. The lowest BCUT2D eigenvalue weighted by atomic mass is 9.85. The van der Waals surface area contributed by atoms with Gasteiger partial charge in [0.05, 0.1) is 11.1 Å². The highest BCUT2D eigenvalue weighted by Crippen LogP contribution is 2.41. The number of hydrogen-bond donors (Lipinski definition) is 1. The first-order chi connectivity index (χ1) is 15.6. The number of carbonyl (C=O) groups excluding carboxylic acids is 1. The number of ether oxygens (including phenoxy) is 1. The summed E-state index contributed by atoms with van der Waals surface area (Å²) in [7, 11) is -2.18. The second kappa shape index (κ2) is 10.7. The fourth-order valence-corrected chi connectivity index (χ4v) is 10.4. The molecule has 1 fully saturated rings. The third kappa shape index (κ3) is 6.17. The number of carboxylic acid groups (broad SMARTS) is 1. The molecule has 0 spiro atoms. The highest BCUT2D eigenvalue weighted by molar-refractivity contribution is 6.90. The minimum absolute atomic E-state index is 0.175. The molecule has 7 heteroatoms. The van der Waals surface area contributed by atoms with Gasteiger partial charge in [0.2, 0.25) is 0 Å². The molecule has 1 N–H and O–H groups in total. The van der Waals surface area contributed by atoms with Gasteiger partial charge in [-0.3, -0.25) is 9.69 Å². The third-order valence-electron chi connectivity index (χ3n) is 6.79. The van der Waals surface area contributed by atoms with E-state index in [0.29, 0.717) is 33.1 Å². The number of nitrogens with zero attached hydrogens (tertiary/aromatic N) is 1. The molecule has 2 rings (SSSR count). The van der Waals surface area contributed by atoms with Crippen molar-refractivity contribution in [3.05, 3.63) is 23.2 Å². The molecular formula is C27H40ClNO4Si. The fourth-order valence-electron chi connectivity index (χ4n) is 5.01. The Labute approximate surface area is 211 Å². The van der Waals surface area contributed by atoms with E-state index >= 15 is 0 Å². The van der Waals surface area contributed by atoms with E-state index in [1.165, 1.54) is 4.90 Å². The second-order valence-electron chi connectivity index (χ2n) is 11.4. The number of aliphatic carboxylic acids is 1. The first kappa shape index (κ1) is 28.3. The highest BCUT2D eigenvalue weighted by atomic mass is 35.5. The summed E-state index contributed by atoms with van der Waals surface area (Å²) in [4.78, 5) is 27.4. The van der Waals surface area contributed by atoms with Crippen LogP contribution >= 0.6 is 11.6 Å². The van der Waals surface area contributed by atoms with Crippen molar-refractivity contribution >= 4 is 37.2 Å². The maximum absolute atomic E-state index is 13.7. The number of carboxylic acids is 1. The van der Waals surface area contributed by atoms with E-state index in [2.05, 4.69) is 53.0 Å². The van der Waals surface area contributed by atoms with Gasteiger partial charge in [-0.15, -0.1) is 5.54 Å². The van der Waals surface area contributed by atoms with E-state index in [4.69, 9.17) is 16.3 Å². The van der Waals surface area contributed by atoms with Gasteiger partial charge in [0.25, 0.3) is 0 Å². The Kier molecular flexibility index (Phi) is 8.93. The van der Waals surface area contributed by atoms with Gasteiger partial charge in [0.1, 0.15) is 19.9 Å². The van der Waals surface area contributed by atoms with Gasteiger partial charge in [-0.25, -0.2) is 4.79 Å². The smallest absolute Gasteiger partial charge is 0.327 e. The number of hydrogen-bond acceptors (Lipinski definition) is 3. The van der Waals surface area contributed by atoms with Crippen LogP contribution in [0.5, 0.6) is 5.75 Å². The maximum atomic E-state index is 13.7. The highest BCUT2D eigenvalue weighted by Gasteiger charge is 2.43. The lowest BCUT2D eigenvalue weighted by Gasteiger charge is -2.38. The summed E-state index contributed by atoms with van der Waals surface area (Å²) in [6, 6.07) is 3.90. The van der Waals surface area contributed by atoms with Crippen LogP contribution < -0.4 is 9.64 Å². The predicted molar refractivity (Wildman–Crippen MR) is 142 cm³/mol. The Bertz CT molecular complexity index is 945. The molecule has 1 atom stereocenters. The quantitative estimate of drug-likeness (QED) is 0.307. The van der Waals surface area contributed by atoms with Crippen molar-refractivity contribution in [2.24, 2.45) is 5.41 Å². The number of carbonyl (C=O) groups is 2. The van der Waals surface area contributed by atoms with Crippen molar-refractivity contribution in [3.8, 4) is 17.2 Å². The third-order valence-corrected chi connectivity index (χ3v) is 13.4. The first-order valence-electron chi connectivity index (χ1n) is 12.2. The number of anilines is 1. The van der Waals surface area contributed by atoms with Gasteiger partial charge >= 0.3 is 11.9 Å². The van der Waals surface area contributed by atoms with Gasteiger partial charge < -0.3 is 9.84 Å². The van der Waals surface area contributed by atoms with Crippen molar-refractivity contribution < 1.29 is 19.4 Å². The Hall–Kier alpha value is -1.97. The summed E-state index contributed by atoms with van der Waals surface area (Å²) in [5.41, 5.74) is 4.17. The molecule has 0 bridgehead atoms. The zero-order valence-corrected chi connectivity index (χ0v) is 23.8. The summed E-state index contributed by atoms with van der Waals surface area (Å²) < 4.78 is 5.82. The van der Waals surface area contributed by atoms with Crippen molar-refractivity contribution in [3.63, 3.8) is 0 Å². The van der Waals surface area contributed by atoms with Gasteiger partial charge in [0.15, 0.2) is 0 Å². The van der Waals surface area contributed by atoms with Gasteiger partial charge in [0, 0.05) is 5.69 Å². The van der Waals surface area contributed by atoms with Crippen LogP contribution in [-0.2, 0) is 9.59 Å². The summed E-state index contributed by atoms with van der Waals surface area (Å²) in [5, 5.41) is 10.5. The zero-order chi connectivity index (χ0) is 26.0. The molecule has 188 valence electrons. The fraction of sp³-hybridized carbons (Fsp3) is 0.630. The molecule has 34 heavy (non-hydrogen) atoms. The largest absolute Gasteiger partial charge is 0.489 e. The predicted octanol–water partition coefficient (Wildman–Crippen LogP) is 6.93. The molecule has 1 unspecified atom stereocenters. The van der Waals surface area contributed by atoms with Crippen LogP contribution in [0.15, 0.2) is 18.2 Å². The van der Waals surface area contributed by atoms with E-state index in [1.54, 1.807) is 39.0 Å². The number of benzene rings is 1. The van der Waals surface area contributed by atoms with E-state index in [1.807, 2.05) is 0 Å². The second-order valence-corrected chi connectivity index (χ2v) is 17.3. The Morgan fingerprint density at radius 1 is 1.09 bits per heavy atom. The molecule has 0 heterocycles. The van der Waals surface area contributed by atoms with Crippen LogP contribution in [0.3, 0.4) is 0 Å². The normalized spacial score (nSPS) is 15.2. The number of halogens is 1. The Balaban J connectivity index is 2.61.